The Balaban J connectivity index is 1.39. The topological polar surface area (TPSA) is 55.6 Å². The molecule has 1 aromatic heterocycles. The second-order valence-electron chi connectivity index (χ2n) is 7.66. The zero-order valence-corrected chi connectivity index (χ0v) is 20.0. The van der Waals surface area contributed by atoms with Gasteiger partial charge in [-0.15, -0.1) is 0 Å². The Morgan fingerprint density at radius 1 is 0.970 bits per heavy atom. The summed E-state index contributed by atoms with van der Waals surface area (Å²) < 4.78 is 8.87. The Morgan fingerprint density at radius 3 is 2.36 bits per heavy atom. The van der Waals surface area contributed by atoms with Crippen LogP contribution < -0.4 is 10.2 Å². The molecule has 0 spiro atoms. The molecule has 0 radical (unpaired) electrons. The first-order valence-electron chi connectivity index (χ1n) is 10.6. The third kappa shape index (κ3) is 5.59. The van der Waals surface area contributed by atoms with Crippen LogP contribution in [-0.2, 0) is 6.61 Å². The molecule has 0 aliphatic rings. The minimum absolute atomic E-state index is 0.272. The van der Waals surface area contributed by atoms with E-state index in [9.17, 15) is 4.79 Å². The quantitative estimate of drug-likeness (QED) is 0.242. The van der Waals surface area contributed by atoms with Crippen molar-refractivity contribution in [3.05, 3.63) is 117 Å². The third-order valence-corrected chi connectivity index (χ3v) is 5.97. The molecule has 0 saturated carbocycles. The van der Waals surface area contributed by atoms with Gasteiger partial charge in [-0.25, -0.2) is 5.43 Å². The molecule has 1 amide bonds. The molecule has 0 aliphatic heterocycles. The predicted molar refractivity (Wildman–Crippen MR) is 135 cm³/mol. The summed E-state index contributed by atoms with van der Waals surface area (Å²) in [6, 6.07) is 27.2. The molecule has 0 atom stereocenters. The van der Waals surface area contributed by atoms with Crippen LogP contribution in [0.4, 0.5) is 0 Å². The number of aromatic nitrogens is 1. The number of nitrogens with one attached hydrogen (secondary N) is 1. The van der Waals surface area contributed by atoms with E-state index in [-0.39, 0.29) is 5.91 Å². The fourth-order valence-corrected chi connectivity index (χ4v) is 3.86. The summed E-state index contributed by atoms with van der Waals surface area (Å²) in [5.41, 5.74) is 8.34. The van der Waals surface area contributed by atoms with Gasteiger partial charge in [-0.2, -0.15) is 5.10 Å². The van der Waals surface area contributed by atoms with Crippen molar-refractivity contribution in [1.29, 1.82) is 0 Å². The molecule has 0 aliphatic carbocycles. The third-order valence-electron chi connectivity index (χ3n) is 5.24. The van der Waals surface area contributed by atoms with E-state index < -0.39 is 0 Å². The van der Waals surface area contributed by atoms with Gasteiger partial charge in [-0.3, -0.25) is 4.79 Å². The highest BCUT2D eigenvalue weighted by atomic mass is 79.9. The lowest BCUT2D eigenvalue weighted by atomic mass is 10.2. The van der Waals surface area contributed by atoms with Gasteiger partial charge in [0, 0.05) is 32.7 Å². The zero-order valence-electron chi connectivity index (χ0n) is 18.5. The Morgan fingerprint density at radius 2 is 1.67 bits per heavy atom. The van der Waals surface area contributed by atoms with E-state index >= 15 is 0 Å². The van der Waals surface area contributed by atoms with Crippen LogP contribution >= 0.6 is 15.9 Å². The molecule has 1 heterocycles. The van der Waals surface area contributed by atoms with Crippen molar-refractivity contribution in [2.24, 2.45) is 5.10 Å². The maximum absolute atomic E-state index is 12.5. The van der Waals surface area contributed by atoms with Crippen LogP contribution in [0.15, 0.2) is 94.5 Å². The number of ether oxygens (including phenoxy) is 1. The van der Waals surface area contributed by atoms with Crippen molar-refractivity contribution < 1.29 is 9.53 Å². The van der Waals surface area contributed by atoms with Gasteiger partial charge in [0.25, 0.3) is 5.91 Å². The highest BCUT2D eigenvalue weighted by Crippen LogP contribution is 2.22. The summed E-state index contributed by atoms with van der Waals surface area (Å²) in [7, 11) is 0. The van der Waals surface area contributed by atoms with E-state index in [1.165, 1.54) is 0 Å². The summed E-state index contributed by atoms with van der Waals surface area (Å²) in [6.07, 6.45) is 1.60. The van der Waals surface area contributed by atoms with Crippen molar-refractivity contribution >= 4 is 28.1 Å². The van der Waals surface area contributed by atoms with Crippen LogP contribution in [0.3, 0.4) is 0 Å². The normalized spacial score (nSPS) is 11.0. The minimum Gasteiger partial charge on any atom is -0.489 e. The van der Waals surface area contributed by atoms with E-state index in [0.29, 0.717) is 12.2 Å². The second-order valence-corrected chi connectivity index (χ2v) is 8.51. The van der Waals surface area contributed by atoms with E-state index in [4.69, 9.17) is 4.74 Å². The molecule has 0 bridgehead atoms. The SMILES string of the molecule is Cc1ccc(C)n1-c1ccc(C(=O)N/N=C\c2cc(OCc3ccccc3)ccc2Br)cc1. The predicted octanol–water partition coefficient (Wildman–Crippen LogP) is 6.20. The van der Waals surface area contributed by atoms with E-state index in [1.54, 1.807) is 18.3 Å². The second kappa shape index (κ2) is 10.3. The van der Waals surface area contributed by atoms with Crippen molar-refractivity contribution in [3.63, 3.8) is 0 Å². The smallest absolute Gasteiger partial charge is 0.271 e. The molecule has 5 nitrogen and oxygen atoms in total. The Labute approximate surface area is 201 Å². The largest absolute Gasteiger partial charge is 0.489 e. The number of aryl methyl sites for hydroxylation is 2. The van der Waals surface area contributed by atoms with E-state index in [2.05, 4.69) is 57.0 Å². The fourth-order valence-electron chi connectivity index (χ4n) is 3.51. The Kier molecular flexibility index (Phi) is 7.05. The van der Waals surface area contributed by atoms with Crippen LogP contribution in [0.2, 0.25) is 0 Å². The van der Waals surface area contributed by atoms with Gasteiger partial charge in [-0.05, 0) is 74.0 Å². The number of hydrogen-bond acceptors (Lipinski definition) is 3. The molecule has 0 saturated heterocycles. The number of benzene rings is 3. The maximum atomic E-state index is 12.5. The lowest BCUT2D eigenvalue weighted by Crippen LogP contribution is -2.17. The molecule has 3 aromatic carbocycles. The molecular formula is C27H24BrN3O2. The molecule has 0 fully saturated rings. The summed E-state index contributed by atoms with van der Waals surface area (Å²) in [5, 5.41) is 4.12. The first kappa shape index (κ1) is 22.6. The van der Waals surface area contributed by atoms with Crippen molar-refractivity contribution in [2.45, 2.75) is 20.5 Å². The zero-order chi connectivity index (χ0) is 23.2. The van der Waals surface area contributed by atoms with E-state index in [0.717, 1.165) is 38.4 Å². The summed E-state index contributed by atoms with van der Waals surface area (Å²) in [6.45, 7) is 4.60. The standard InChI is InChI=1S/C27H24BrN3O2/c1-19-8-9-20(2)31(19)24-12-10-22(11-13-24)27(32)30-29-17-23-16-25(14-15-26(23)28)33-18-21-6-4-3-5-7-21/h3-17H,18H2,1-2H3,(H,30,32)/b29-17-. The number of nitrogens with zero attached hydrogens (tertiary/aromatic N) is 2. The molecule has 4 aromatic rings. The average Bonchev–Trinajstić information content (AvgIpc) is 3.17. The van der Waals surface area contributed by atoms with Crippen molar-refractivity contribution in [1.82, 2.24) is 9.99 Å². The van der Waals surface area contributed by atoms with Gasteiger partial charge in [-0.1, -0.05) is 46.3 Å². The lowest BCUT2D eigenvalue weighted by molar-refractivity contribution is 0.0955. The van der Waals surface area contributed by atoms with Gasteiger partial charge in [0.2, 0.25) is 0 Å². The molecule has 166 valence electrons. The molecule has 1 N–H and O–H groups in total. The number of amides is 1. The van der Waals surface area contributed by atoms with Gasteiger partial charge in [0.15, 0.2) is 0 Å². The van der Waals surface area contributed by atoms with Crippen molar-refractivity contribution in [3.8, 4) is 11.4 Å². The van der Waals surface area contributed by atoms with Gasteiger partial charge < -0.3 is 9.30 Å². The number of hydrogen-bond donors (Lipinski definition) is 1. The van der Waals surface area contributed by atoms with Crippen molar-refractivity contribution in [2.75, 3.05) is 0 Å². The van der Waals surface area contributed by atoms with Gasteiger partial charge >= 0.3 is 0 Å². The average molecular weight is 502 g/mol. The number of carbonyl (C=O) groups is 1. The Hall–Kier alpha value is -3.64. The molecule has 0 unspecified atom stereocenters. The number of rotatable bonds is 7. The number of hydrazone groups is 1. The van der Waals surface area contributed by atoms with Gasteiger partial charge in [0.1, 0.15) is 12.4 Å². The minimum atomic E-state index is -0.272. The highest BCUT2D eigenvalue weighted by molar-refractivity contribution is 9.10. The molecule has 4 rings (SSSR count). The number of halogens is 1. The van der Waals surface area contributed by atoms with Crippen LogP contribution in [0.25, 0.3) is 5.69 Å². The molecule has 33 heavy (non-hydrogen) atoms. The molecule has 6 heteroatoms. The summed E-state index contributed by atoms with van der Waals surface area (Å²) in [4.78, 5) is 12.5. The summed E-state index contributed by atoms with van der Waals surface area (Å²) >= 11 is 3.52. The molecular weight excluding hydrogens is 478 g/mol. The van der Waals surface area contributed by atoms with Gasteiger partial charge in [0.05, 0.1) is 6.21 Å². The first-order chi connectivity index (χ1) is 16.0. The first-order valence-corrected chi connectivity index (χ1v) is 11.4. The fraction of sp³-hybridized carbons (Fsp3) is 0.111. The number of carbonyl (C=O) groups excluding carboxylic acids is 1. The monoisotopic (exact) mass is 501 g/mol. The van der Waals surface area contributed by atoms with Crippen LogP contribution in [0, 0.1) is 13.8 Å². The Bertz CT molecular complexity index is 1260. The van der Waals surface area contributed by atoms with E-state index in [1.807, 2.05) is 60.7 Å². The highest BCUT2D eigenvalue weighted by Gasteiger charge is 2.08. The van der Waals surface area contributed by atoms with Crippen LogP contribution in [0.1, 0.15) is 32.9 Å². The van der Waals surface area contributed by atoms with Crippen LogP contribution in [-0.4, -0.2) is 16.7 Å². The summed E-state index contributed by atoms with van der Waals surface area (Å²) in [5.74, 6) is 0.451. The lowest BCUT2D eigenvalue weighted by Gasteiger charge is -2.10. The maximum Gasteiger partial charge on any atom is 0.271 e. The van der Waals surface area contributed by atoms with Crippen LogP contribution in [0.5, 0.6) is 5.75 Å².